The van der Waals surface area contributed by atoms with Crippen LogP contribution in [0.2, 0.25) is 0 Å². The van der Waals surface area contributed by atoms with Gasteiger partial charge in [0.15, 0.2) is 12.6 Å². The Hall–Kier alpha value is -1.27. The van der Waals surface area contributed by atoms with Crippen LogP contribution in [0, 0.1) is 0 Å². The van der Waals surface area contributed by atoms with Gasteiger partial charge < -0.3 is 64.2 Å². The summed E-state index contributed by atoms with van der Waals surface area (Å²) in [5, 5.41) is 71.8. The molecule has 0 aromatic heterocycles. The second-order valence-corrected chi connectivity index (χ2v) is 17.3. The molecule has 0 spiro atoms. The third-order valence-corrected chi connectivity index (χ3v) is 11.8. The van der Waals surface area contributed by atoms with Gasteiger partial charge in [-0.3, -0.25) is 4.79 Å². The Kier molecular flexibility index (Phi) is 33.0. The summed E-state index contributed by atoms with van der Waals surface area (Å²) in [5.74, 6) is -0.380. The zero-order valence-corrected chi connectivity index (χ0v) is 37.9. The van der Waals surface area contributed by atoms with Gasteiger partial charge in [0, 0.05) is 13.0 Å². The van der Waals surface area contributed by atoms with Crippen LogP contribution in [0.1, 0.15) is 181 Å². The number of aliphatic hydroxyl groups excluding tert-OH is 7. The molecule has 2 aliphatic heterocycles. The third-order valence-electron chi connectivity index (χ3n) is 11.8. The maximum Gasteiger partial charge on any atom is 0.306 e. The van der Waals surface area contributed by atoms with E-state index in [4.69, 9.17) is 28.4 Å². The van der Waals surface area contributed by atoms with E-state index in [1.807, 2.05) is 0 Å². The molecule has 61 heavy (non-hydrogen) atoms. The van der Waals surface area contributed by atoms with Crippen molar-refractivity contribution in [1.82, 2.24) is 0 Å². The molecule has 0 aromatic carbocycles. The fourth-order valence-corrected chi connectivity index (χ4v) is 7.75. The Labute approximate surface area is 367 Å². The minimum atomic E-state index is -1.70. The van der Waals surface area contributed by atoms with Crippen LogP contribution >= 0.6 is 0 Å². The fraction of sp³-hybridized carbons (Fsp3) is 0.936. The van der Waals surface area contributed by atoms with Crippen LogP contribution in [0.4, 0.5) is 0 Å². The number of carbonyl (C=O) groups excluding carboxylic acids is 1. The highest BCUT2D eigenvalue weighted by atomic mass is 16.7. The largest absolute Gasteiger partial charge is 0.457 e. The first-order valence-corrected chi connectivity index (χ1v) is 24.3. The Morgan fingerprint density at radius 1 is 0.525 bits per heavy atom. The first-order chi connectivity index (χ1) is 29.6. The normalized spacial score (nSPS) is 27.5. The number of carbonyl (C=O) groups is 1. The van der Waals surface area contributed by atoms with Crippen LogP contribution in [0.5, 0.6) is 0 Å². The van der Waals surface area contributed by atoms with E-state index in [2.05, 4.69) is 26.0 Å². The van der Waals surface area contributed by atoms with Gasteiger partial charge in [-0.15, -0.1) is 0 Å². The van der Waals surface area contributed by atoms with Gasteiger partial charge in [0.05, 0.1) is 26.4 Å². The minimum absolute atomic E-state index is 0.0634. The van der Waals surface area contributed by atoms with E-state index in [1.165, 1.54) is 116 Å². The van der Waals surface area contributed by atoms with E-state index >= 15 is 0 Å². The lowest BCUT2D eigenvalue weighted by molar-refractivity contribution is -0.332. The summed E-state index contributed by atoms with van der Waals surface area (Å²) in [5.41, 5.74) is 0. The average Bonchev–Trinajstić information content (AvgIpc) is 3.26. The molecule has 0 aromatic rings. The molecular weight excluding hydrogens is 789 g/mol. The number of hydrogen-bond acceptors (Lipinski definition) is 14. The maximum atomic E-state index is 12.9. The molecule has 0 amide bonds. The van der Waals surface area contributed by atoms with Crippen LogP contribution in [0.3, 0.4) is 0 Å². The summed E-state index contributed by atoms with van der Waals surface area (Å²) in [6.45, 7) is 3.64. The van der Waals surface area contributed by atoms with Crippen molar-refractivity contribution in [3.05, 3.63) is 12.2 Å². The van der Waals surface area contributed by atoms with Crippen LogP contribution < -0.4 is 0 Å². The number of aliphatic hydroxyl groups is 7. The monoisotopic (exact) mass is 877 g/mol. The Morgan fingerprint density at radius 2 is 0.967 bits per heavy atom. The van der Waals surface area contributed by atoms with Gasteiger partial charge >= 0.3 is 5.97 Å². The molecule has 11 atom stereocenters. The SMILES string of the molecule is CCCCCCCCCC/C=C\CCCCCCCCCCCC(=O)OC(COCCCCCCCC)COC1OC(COC2OC(CO)C(O)C(O)C2O)C(O)C(O)C1O. The third kappa shape index (κ3) is 24.6. The van der Waals surface area contributed by atoms with Gasteiger partial charge in [-0.2, -0.15) is 0 Å². The number of rotatable bonds is 38. The molecule has 0 radical (unpaired) electrons. The van der Waals surface area contributed by atoms with Crippen LogP contribution in [0.25, 0.3) is 0 Å². The van der Waals surface area contributed by atoms with Crippen molar-refractivity contribution in [2.24, 2.45) is 0 Å². The average molecular weight is 877 g/mol. The van der Waals surface area contributed by atoms with Crippen molar-refractivity contribution in [2.75, 3.05) is 33.0 Å². The van der Waals surface area contributed by atoms with Crippen molar-refractivity contribution in [3.63, 3.8) is 0 Å². The van der Waals surface area contributed by atoms with Gasteiger partial charge in [0.2, 0.25) is 0 Å². The molecular formula is C47H88O14. The summed E-state index contributed by atoms with van der Waals surface area (Å²) in [4.78, 5) is 12.9. The van der Waals surface area contributed by atoms with Crippen LogP contribution in [0.15, 0.2) is 12.2 Å². The molecule has 2 heterocycles. The Bertz CT molecular complexity index is 1060. The maximum absolute atomic E-state index is 12.9. The van der Waals surface area contributed by atoms with E-state index in [0.717, 1.165) is 38.5 Å². The summed E-state index contributed by atoms with van der Waals surface area (Å²) in [6, 6.07) is 0. The zero-order valence-electron chi connectivity index (χ0n) is 37.9. The van der Waals surface area contributed by atoms with Gasteiger partial charge in [-0.25, -0.2) is 0 Å². The van der Waals surface area contributed by atoms with Crippen molar-refractivity contribution in [2.45, 2.75) is 248 Å². The van der Waals surface area contributed by atoms with Crippen LogP contribution in [-0.2, 0) is 33.2 Å². The number of hydrogen-bond donors (Lipinski definition) is 7. The van der Waals surface area contributed by atoms with Crippen molar-refractivity contribution in [3.8, 4) is 0 Å². The molecule has 11 unspecified atom stereocenters. The number of allylic oxidation sites excluding steroid dienone is 2. The highest BCUT2D eigenvalue weighted by molar-refractivity contribution is 5.69. The van der Waals surface area contributed by atoms with Gasteiger partial charge in [0.25, 0.3) is 0 Å². The molecule has 0 aliphatic carbocycles. The highest BCUT2D eigenvalue weighted by Gasteiger charge is 2.47. The van der Waals surface area contributed by atoms with E-state index in [-0.39, 0.29) is 25.6 Å². The lowest BCUT2D eigenvalue weighted by Gasteiger charge is -2.42. The Morgan fingerprint density at radius 3 is 1.49 bits per heavy atom. The van der Waals surface area contributed by atoms with Crippen molar-refractivity contribution in [1.29, 1.82) is 0 Å². The van der Waals surface area contributed by atoms with Crippen molar-refractivity contribution < 1.29 is 69.0 Å². The summed E-state index contributed by atoms with van der Waals surface area (Å²) < 4.78 is 34.0. The predicted octanol–water partition coefficient (Wildman–Crippen LogP) is 6.29. The second-order valence-electron chi connectivity index (χ2n) is 17.3. The number of unbranched alkanes of at least 4 members (excludes halogenated alkanes) is 22. The van der Waals surface area contributed by atoms with E-state index < -0.39 is 80.7 Å². The molecule has 0 bridgehead atoms. The standard InChI is InChI=1S/C47H88O14/c1-3-5-7-9-11-12-13-14-15-16-17-18-19-20-21-22-23-24-25-26-28-30-39(49)59-36(33-56-31-29-27-10-8-6-4-2)34-57-46-45(55)43(53)41(51)38(61-46)35-58-47-44(54)42(52)40(50)37(32-48)60-47/h16-17,36-38,40-48,50-55H,3-15,18-35H2,1-2H3/b17-16-. The minimum Gasteiger partial charge on any atom is -0.457 e. The van der Waals surface area contributed by atoms with E-state index in [1.54, 1.807) is 0 Å². The van der Waals surface area contributed by atoms with Crippen molar-refractivity contribution >= 4 is 5.97 Å². The molecule has 2 rings (SSSR count). The van der Waals surface area contributed by atoms with Gasteiger partial charge in [-0.05, 0) is 38.5 Å². The second kappa shape index (κ2) is 36.0. The fourth-order valence-electron chi connectivity index (χ4n) is 7.75. The van der Waals surface area contributed by atoms with E-state index in [9.17, 15) is 40.5 Å². The first-order valence-electron chi connectivity index (χ1n) is 24.3. The summed E-state index contributed by atoms with van der Waals surface area (Å²) in [7, 11) is 0. The quantitative estimate of drug-likeness (QED) is 0.0206. The molecule has 0 saturated carbocycles. The first kappa shape index (κ1) is 55.9. The zero-order chi connectivity index (χ0) is 44.5. The molecule has 7 N–H and O–H groups in total. The lowest BCUT2D eigenvalue weighted by Crippen LogP contribution is -2.61. The predicted molar refractivity (Wildman–Crippen MR) is 234 cm³/mol. The van der Waals surface area contributed by atoms with E-state index in [0.29, 0.717) is 13.0 Å². The smallest absolute Gasteiger partial charge is 0.306 e. The molecule has 14 heteroatoms. The van der Waals surface area contributed by atoms with Crippen LogP contribution in [-0.4, -0.2) is 142 Å². The molecule has 360 valence electrons. The molecule has 2 fully saturated rings. The molecule has 2 aliphatic rings. The van der Waals surface area contributed by atoms with Gasteiger partial charge in [0.1, 0.15) is 54.9 Å². The lowest BCUT2D eigenvalue weighted by atomic mass is 9.98. The number of ether oxygens (including phenoxy) is 6. The highest BCUT2D eigenvalue weighted by Crippen LogP contribution is 2.26. The summed E-state index contributed by atoms with van der Waals surface area (Å²) >= 11 is 0. The summed E-state index contributed by atoms with van der Waals surface area (Å²) in [6.07, 6.45) is 18.9. The Balaban J connectivity index is 1.69. The number of esters is 1. The molecule has 14 nitrogen and oxygen atoms in total. The van der Waals surface area contributed by atoms with Gasteiger partial charge in [-0.1, -0.05) is 148 Å². The topological polar surface area (TPSA) is 214 Å². The molecule has 2 saturated heterocycles.